The molecule has 0 bridgehead atoms. The number of carboxylic acids is 1. The Bertz CT molecular complexity index is 877. The van der Waals surface area contributed by atoms with Gasteiger partial charge in [-0.05, 0) is 12.0 Å². The Hall–Kier alpha value is -3.51. The molecule has 12 heteroatoms. The zero-order chi connectivity index (χ0) is 22.6. The van der Waals surface area contributed by atoms with Crippen LogP contribution < -0.4 is 16.1 Å². The number of alkyl carbamates (subject to hydrolysis) is 1. The number of carbonyl (C=O) groups is 4. The quantitative estimate of drug-likeness (QED) is 0.248. The van der Waals surface area contributed by atoms with Crippen LogP contribution in [0, 0.1) is 0 Å². The first kappa shape index (κ1) is 23.8. The summed E-state index contributed by atoms with van der Waals surface area (Å²) in [5.74, 6) is -2.85. The summed E-state index contributed by atoms with van der Waals surface area (Å²) in [6.45, 7) is -0.0423. The maximum absolute atomic E-state index is 12.7. The summed E-state index contributed by atoms with van der Waals surface area (Å²) >= 11 is 1.29. The smallest absolute Gasteiger partial charge is 0.408 e. The molecule has 1 aromatic heterocycles. The molecule has 0 aliphatic heterocycles. The van der Waals surface area contributed by atoms with Crippen molar-refractivity contribution in [3.8, 4) is 0 Å². The van der Waals surface area contributed by atoms with Gasteiger partial charge in [0.1, 0.15) is 18.7 Å². The van der Waals surface area contributed by atoms with Crippen molar-refractivity contribution in [1.29, 1.82) is 0 Å². The Morgan fingerprint density at radius 3 is 2.42 bits per heavy atom. The molecule has 0 saturated carbocycles. The van der Waals surface area contributed by atoms with Crippen molar-refractivity contribution < 1.29 is 34.2 Å². The van der Waals surface area contributed by atoms with E-state index < -0.39 is 42.4 Å². The molecule has 2 rings (SSSR count). The van der Waals surface area contributed by atoms with Crippen LogP contribution in [0.25, 0.3) is 0 Å². The predicted octanol–water partition coefficient (Wildman–Crippen LogP) is 0.836. The number of thiazole rings is 1. The van der Waals surface area contributed by atoms with Crippen molar-refractivity contribution in [3.05, 3.63) is 52.5 Å². The summed E-state index contributed by atoms with van der Waals surface area (Å²) in [7, 11) is 0. The normalized spacial score (nSPS) is 12.3. The molecule has 0 spiro atoms. The topological polar surface area (TPSA) is 167 Å². The van der Waals surface area contributed by atoms with Gasteiger partial charge in [0.15, 0.2) is 0 Å². The molecule has 2 unspecified atom stereocenters. The van der Waals surface area contributed by atoms with E-state index in [0.29, 0.717) is 5.69 Å². The lowest BCUT2D eigenvalue weighted by molar-refractivity contribution is -0.138. The molecule has 5 N–H and O–H groups in total. The highest BCUT2D eigenvalue weighted by Gasteiger charge is 2.28. The molecule has 2 atom stereocenters. The van der Waals surface area contributed by atoms with E-state index in [-0.39, 0.29) is 19.4 Å². The fourth-order valence-corrected chi connectivity index (χ4v) is 3.12. The Balaban J connectivity index is 2.01. The van der Waals surface area contributed by atoms with Crippen molar-refractivity contribution in [3.63, 3.8) is 0 Å². The van der Waals surface area contributed by atoms with E-state index in [1.807, 2.05) is 0 Å². The summed E-state index contributed by atoms with van der Waals surface area (Å²) in [6.07, 6.45) is -1.56. The van der Waals surface area contributed by atoms with Gasteiger partial charge >= 0.3 is 12.1 Å². The Morgan fingerprint density at radius 1 is 1.06 bits per heavy atom. The van der Waals surface area contributed by atoms with Crippen LogP contribution in [0.5, 0.6) is 0 Å². The van der Waals surface area contributed by atoms with Crippen molar-refractivity contribution in [1.82, 2.24) is 21.1 Å². The average Bonchev–Trinajstić information content (AvgIpc) is 3.27. The summed E-state index contributed by atoms with van der Waals surface area (Å²) < 4.78 is 5.07. The van der Waals surface area contributed by atoms with E-state index in [0.717, 1.165) is 5.56 Å². The van der Waals surface area contributed by atoms with Crippen LogP contribution >= 0.6 is 11.3 Å². The monoisotopic (exact) mass is 450 g/mol. The molecule has 0 saturated heterocycles. The molecular weight excluding hydrogens is 428 g/mol. The molecule has 31 heavy (non-hydrogen) atoms. The van der Waals surface area contributed by atoms with Gasteiger partial charge in [-0.2, -0.15) is 0 Å². The van der Waals surface area contributed by atoms with Gasteiger partial charge in [0.05, 0.1) is 11.2 Å². The summed E-state index contributed by atoms with van der Waals surface area (Å²) in [4.78, 5) is 51.7. The Morgan fingerprint density at radius 2 is 1.81 bits per heavy atom. The van der Waals surface area contributed by atoms with Crippen molar-refractivity contribution >= 4 is 35.2 Å². The number of nitrogens with one attached hydrogen (secondary N) is 3. The fourth-order valence-electron chi connectivity index (χ4n) is 2.55. The van der Waals surface area contributed by atoms with E-state index in [1.54, 1.807) is 41.2 Å². The van der Waals surface area contributed by atoms with Crippen LogP contribution in [0.2, 0.25) is 0 Å². The van der Waals surface area contributed by atoms with Crippen LogP contribution in [0.1, 0.15) is 24.1 Å². The number of rotatable bonds is 11. The standard InChI is InChI=1S/C19H22N4O7S/c24-16(25)7-6-14(22-19(28)30-9-12-4-2-1-3-5-12)17(26)21-15(18(27)23-29)8-13-10-31-11-20-13/h1-5,10-11,14-15,29H,6-9H2,(H,21,26)(H,22,28)(H,23,27)(H,24,25). The minimum atomic E-state index is -1.27. The van der Waals surface area contributed by atoms with Gasteiger partial charge in [-0.3, -0.25) is 19.6 Å². The van der Waals surface area contributed by atoms with Crippen LogP contribution in [-0.4, -0.2) is 51.3 Å². The van der Waals surface area contributed by atoms with E-state index in [4.69, 9.17) is 15.1 Å². The Kier molecular flexibility index (Phi) is 9.39. The van der Waals surface area contributed by atoms with Gasteiger partial charge in [-0.1, -0.05) is 30.3 Å². The lowest BCUT2D eigenvalue weighted by Crippen LogP contribution is -2.54. The number of benzene rings is 1. The molecule has 1 aromatic carbocycles. The van der Waals surface area contributed by atoms with Crippen molar-refractivity contribution in [2.24, 2.45) is 0 Å². The van der Waals surface area contributed by atoms with Gasteiger partial charge in [0.25, 0.3) is 5.91 Å². The molecule has 0 radical (unpaired) electrons. The number of aromatic nitrogens is 1. The molecule has 0 aliphatic rings. The molecule has 1 heterocycles. The summed E-state index contributed by atoms with van der Waals surface area (Å²) in [6, 6.07) is 6.39. The highest BCUT2D eigenvalue weighted by atomic mass is 32.1. The number of amides is 3. The maximum atomic E-state index is 12.7. The van der Waals surface area contributed by atoms with Gasteiger partial charge in [0.2, 0.25) is 5.91 Å². The molecule has 2 aromatic rings. The van der Waals surface area contributed by atoms with E-state index in [2.05, 4.69) is 15.6 Å². The third-order valence-corrected chi connectivity index (χ3v) is 4.74. The summed E-state index contributed by atoms with van der Waals surface area (Å²) in [5.41, 5.74) is 4.25. The maximum Gasteiger partial charge on any atom is 0.408 e. The predicted molar refractivity (Wildman–Crippen MR) is 108 cm³/mol. The van der Waals surface area contributed by atoms with Crippen LogP contribution in [0.4, 0.5) is 4.79 Å². The number of nitrogens with zero attached hydrogens (tertiary/aromatic N) is 1. The SMILES string of the molecule is O=C(O)CCC(NC(=O)OCc1ccccc1)C(=O)NC(Cc1cscn1)C(=O)NO. The summed E-state index contributed by atoms with van der Waals surface area (Å²) in [5, 5.41) is 24.3. The molecule has 3 amide bonds. The molecule has 0 fully saturated rings. The third-order valence-electron chi connectivity index (χ3n) is 4.11. The average molecular weight is 450 g/mol. The second kappa shape index (κ2) is 12.2. The van der Waals surface area contributed by atoms with E-state index in [9.17, 15) is 19.2 Å². The minimum absolute atomic E-state index is 0.00820. The molecule has 11 nitrogen and oxygen atoms in total. The van der Waals surface area contributed by atoms with E-state index >= 15 is 0 Å². The van der Waals surface area contributed by atoms with Crippen LogP contribution in [-0.2, 0) is 32.1 Å². The lowest BCUT2D eigenvalue weighted by atomic mass is 10.1. The minimum Gasteiger partial charge on any atom is -0.481 e. The second-order valence-corrected chi connectivity index (χ2v) is 7.13. The Labute approximate surface area is 181 Å². The zero-order valence-corrected chi connectivity index (χ0v) is 17.1. The van der Waals surface area contributed by atoms with Gasteiger partial charge in [-0.15, -0.1) is 11.3 Å². The van der Waals surface area contributed by atoms with Gasteiger partial charge in [0, 0.05) is 18.2 Å². The molecule has 0 aliphatic carbocycles. The number of carboxylic acid groups (broad SMARTS) is 1. The molecule has 166 valence electrons. The first-order chi connectivity index (χ1) is 14.9. The number of ether oxygens (including phenoxy) is 1. The second-order valence-electron chi connectivity index (χ2n) is 6.41. The highest BCUT2D eigenvalue weighted by molar-refractivity contribution is 7.07. The number of hydrogen-bond donors (Lipinski definition) is 5. The largest absolute Gasteiger partial charge is 0.481 e. The van der Waals surface area contributed by atoms with Crippen LogP contribution in [0.15, 0.2) is 41.2 Å². The first-order valence-electron chi connectivity index (χ1n) is 9.19. The fraction of sp³-hybridized carbons (Fsp3) is 0.316. The number of hydroxylamine groups is 1. The number of hydrogen-bond acceptors (Lipinski definition) is 8. The van der Waals surface area contributed by atoms with Crippen molar-refractivity contribution in [2.45, 2.75) is 38.0 Å². The van der Waals surface area contributed by atoms with Gasteiger partial charge < -0.3 is 20.5 Å². The van der Waals surface area contributed by atoms with Crippen LogP contribution in [0.3, 0.4) is 0 Å². The van der Waals surface area contributed by atoms with Gasteiger partial charge in [-0.25, -0.2) is 15.3 Å². The first-order valence-corrected chi connectivity index (χ1v) is 10.1. The zero-order valence-electron chi connectivity index (χ0n) is 16.3. The number of carbonyl (C=O) groups excluding carboxylic acids is 3. The lowest BCUT2D eigenvalue weighted by Gasteiger charge is -2.21. The third kappa shape index (κ3) is 8.40. The number of aliphatic carboxylic acids is 1. The highest BCUT2D eigenvalue weighted by Crippen LogP contribution is 2.07. The molecular formula is C19H22N4O7S. The van der Waals surface area contributed by atoms with Crippen molar-refractivity contribution in [2.75, 3.05) is 0 Å². The van der Waals surface area contributed by atoms with E-state index in [1.165, 1.54) is 16.8 Å².